The first kappa shape index (κ1) is 10.4. The van der Waals surface area contributed by atoms with E-state index in [9.17, 15) is 5.02 Å². The minimum Gasteiger partial charge on any atom is -0.497 e. The molecule has 3 nitrogen and oxygen atoms in total. The molecule has 1 radical (unpaired) electrons. The second-order valence-corrected chi connectivity index (χ2v) is 4.36. The van der Waals surface area contributed by atoms with Crippen molar-refractivity contribution in [2.24, 2.45) is 0 Å². The average Bonchev–Trinajstić information content (AvgIpc) is 2.53. The maximum absolute atomic E-state index is 9.20. The van der Waals surface area contributed by atoms with Gasteiger partial charge in [-0.1, -0.05) is 19.9 Å². The van der Waals surface area contributed by atoms with Crippen LogP contribution in [-0.2, 0) is 5.41 Å². The number of fused-ring (bicyclic) bond motifs is 1. The molecule has 0 saturated heterocycles. The lowest BCUT2D eigenvalue weighted by Gasteiger charge is -2.16. The van der Waals surface area contributed by atoms with E-state index in [0.29, 0.717) is 17.8 Å². The van der Waals surface area contributed by atoms with E-state index in [2.05, 4.69) is 13.8 Å². The Morgan fingerprint density at radius 1 is 1.47 bits per heavy atom. The second kappa shape index (κ2) is 3.45. The third kappa shape index (κ3) is 1.49. The van der Waals surface area contributed by atoms with Crippen molar-refractivity contribution in [3.05, 3.63) is 17.7 Å². The van der Waals surface area contributed by atoms with E-state index in [4.69, 9.17) is 9.47 Å². The van der Waals surface area contributed by atoms with Gasteiger partial charge in [0.15, 0.2) is 0 Å². The Kier molecular flexibility index (Phi) is 2.39. The van der Waals surface area contributed by atoms with Gasteiger partial charge < -0.3 is 14.5 Å². The molecule has 1 heterocycles. The lowest BCUT2D eigenvalue weighted by molar-refractivity contribution is 0.291. The van der Waals surface area contributed by atoms with Crippen LogP contribution in [0.2, 0.25) is 0 Å². The van der Waals surface area contributed by atoms with Gasteiger partial charge in [-0.25, -0.2) is 0 Å². The summed E-state index contributed by atoms with van der Waals surface area (Å²) in [4.78, 5) is 0. The maximum Gasteiger partial charge on any atom is 0.334 e. The molecular weight excluding hydrogens is 191 g/mol. The molecule has 2 rings (SSSR count). The molecular formula is C11H14BO3. The van der Waals surface area contributed by atoms with Crippen LogP contribution >= 0.6 is 0 Å². The fraction of sp³-hybridized carbons (Fsp3) is 0.455. The predicted molar refractivity (Wildman–Crippen MR) is 59.1 cm³/mol. The van der Waals surface area contributed by atoms with E-state index < -0.39 is 0 Å². The average molecular weight is 205 g/mol. The molecule has 0 fully saturated rings. The van der Waals surface area contributed by atoms with Crippen LogP contribution in [0.3, 0.4) is 0 Å². The normalized spacial score (nSPS) is 16.8. The van der Waals surface area contributed by atoms with Crippen molar-refractivity contribution >= 4 is 12.9 Å². The smallest absolute Gasteiger partial charge is 0.334 e. The van der Waals surface area contributed by atoms with E-state index in [1.54, 1.807) is 7.11 Å². The van der Waals surface area contributed by atoms with Gasteiger partial charge in [-0.05, 0) is 6.07 Å². The van der Waals surface area contributed by atoms with Gasteiger partial charge in [0.25, 0.3) is 0 Å². The van der Waals surface area contributed by atoms with Gasteiger partial charge in [-0.2, -0.15) is 0 Å². The van der Waals surface area contributed by atoms with Crippen molar-refractivity contribution in [3.63, 3.8) is 0 Å². The topological polar surface area (TPSA) is 38.7 Å². The molecule has 1 N–H and O–H groups in total. The van der Waals surface area contributed by atoms with Crippen molar-refractivity contribution in [1.29, 1.82) is 0 Å². The second-order valence-electron chi connectivity index (χ2n) is 4.36. The van der Waals surface area contributed by atoms with Crippen molar-refractivity contribution in [1.82, 2.24) is 0 Å². The monoisotopic (exact) mass is 205 g/mol. The lowest BCUT2D eigenvalue weighted by Crippen LogP contribution is -2.19. The Hall–Kier alpha value is -1.16. The number of hydrogen-bond acceptors (Lipinski definition) is 3. The number of rotatable bonds is 2. The van der Waals surface area contributed by atoms with Gasteiger partial charge in [-0.3, -0.25) is 0 Å². The van der Waals surface area contributed by atoms with Gasteiger partial charge in [-0.15, -0.1) is 0 Å². The molecule has 4 heteroatoms. The highest BCUT2D eigenvalue weighted by Crippen LogP contribution is 2.38. The molecule has 1 aromatic rings. The zero-order valence-electron chi connectivity index (χ0n) is 9.20. The summed E-state index contributed by atoms with van der Waals surface area (Å²) in [5, 5.41) is 9.20. The summed E-state index contributed by atoms with van der Waals surface area (Å²) in [5.41, 5.74) is 1.74. The first-order valence-electron chi connectivity index (χ1n) is 4.92. The van der Waals surface area contributed by atoms with E-state index in [1.807, 2.05) is 12.1 Å². The fourth-order valence-electron chi connectivity index (χ4n) is 1.90. The summed E-state index contributed by atoms with van der Waals surface area (Å²) in [5.74, 6) is 1.37. The van der Waals surface area contributed by atoms with Crippen molar-refractivity contribution in [3.8, 4) is 11.5 Å². The zero-order valence-corrected chi connectivity index (χ0v) is 9.20. The highest BCUT2D eigenvalue weighted by Gasteiger charge is 2.34. The molecule has 1 aromatic carbocycles. The summed E-state index contributed by atoms with van der Waals surface area (Å²) in [6, 6.07) is 3.85. The Bertz CT molecular complexity index is 388. The van der Waals surface area contributed by atoms with Gasteiger partial charge >= 0.3 is 7.48 Å². The fourth-order valence-corrected chi connectivity index (χ4v) is 1.90. The Labute approximate surface area is 90.3 Å². The van der Waals surface area contributed by atoms with Crippen LogP contribution in [-0.4, -0.2) is 26.2 Å². The van der Waals surface area contributed by atoms with Crippen LogP contribution in [0.15, 0.2) is 12.1 Å². The SMILES string of the molecule is COc1ccc2c(c1[B]O)OCC2(C)C. The molecule has 1 aliphatic heterocycles. The van der Waals surface area contributed by atoms with Gasteiger partial charge in [0, 0.05) is 16.4 Å². The molecule has 0 unspecified atom stereocenters. The van der Waals surface area contributed by atoms with Gasteiger partial charge in [0.2, 0.25) is 0 Å². The Morgan fingerprint density at radius 3 is 2.80 bits per heavy atom. The molecule has 0 saturated carbocycles. The molecule has 0 bridgehead atoms. The minimum atomic E-state index is -0.000630. The quantitative estimate of drug-likeness (QED) is 0.718. The molecule has 1 aliphatic rings. The number of ether oxygens (including phenoxy) is 2. The number of hydrogen-bond donors (Lipinski definition) is 1. The molecule has 0 spiro atoms. The van der Waals surface area contributed by atoms with Crippen LogP contribution in [0, 0.1) is 0 Å². The van der Waals surface area contributed by atoms with E-state index in [0.717, 1.165) is 18.8 Å². The summed E-state index contributed by atoms with van der Waals surface area (Å²) < 4.78 is 10.8. The van der Waals surface area contributed by atoms with Crippen LogP contribution in [0.4, 0.5) is 0 Å². The molecule has 79 valence electrons. The van der Waals surface area contributed by atoms with Crippen LogP contribution in [0.25, 0.3) is 0 Å². The summed E-state index contributed by atoms with van der Waals surface area (Å²) >= 11 is 0. The number of methoxy groups -OCH3 is 1. The highest BCUT2D eigenvalue weighted by molar-refractivity contribution is 6.48. The Morgan fingerprint density at radius 2 is 2.20 bits per heavy atom. The van der Waals surface area contributed by atoms with Crippen molar-refractivity contribution < 1.29 is 14.5 Å². The van der Waals surface area contributed by atoms with E-state index in [-0.39, 0.29) is 5.41 Å². The third-order valence-corrected chi connectivity index (χ3v) is 2.81. The van der Waals surface area contributed by atoms with Crippen LogP contribution in [0.5, 0.6) is 11.5 Å². The summed E-state index contributed by atoms with van der Waals surface area (Å²) in [6.07, 6.45) is 0. The first-order valence-corrected chi connectivity index (χ1v) is 4.92. The van der Waals surface area contributed by atoms with Gasteiger partial charge in [0.1, 0.15) is 11.5 Å². The Balaban J connectivity index is 2.59. The number of benzene rings is 1. The molecule has 0 atom stereocenters. The summed E-state index contributed by atoms with van der Waals surface area (Å²) in [6.45, 7) is 4.87. The minimum absolute atomic E-state index is 0.000630. The highest BCUT2D eigenvalue weighted by atomic mass is 16.5. The zero-order chi connectivity index (χ0) is 11.1. The van der Waals surface area contributed by atoms with Crippen molar-refractivity contribution in [2.75, 3.05) is 13.7 Å². The largest absolute Gasteiger partial charge is 0.497 e. The molecule has 0 aromatic heterocycles. The third-order valence-electron chi connectivity index (χ3n) is 2.81. The van der Waals surface area contributed by atoms with E-state index in [1.165, 1.54) is 0 Å². The predicted octanol–water partition coefficient (Wildman–Crippen LogP) is 0.602. The molecule has 0 amide bonds. The summed E-state index contributed by atoms with van der Waals surface area (Å²) in [7, 11) is 2.62. The van der Waals surface area contributed by atoms with Crippen LogP contribution < -0.4 is 14.9 Å². The van der Waals surface area contributed by atoms with Crippen molar-refractivity contribution in [2.45, 2.75) is 19.3 Å². The lowest BCUT2D eigenvalue weighted by atomic mass is 9.80. The maximum atomic E-state index is 9.20. The van der Waals surface area contributed by atoms with Gasteiger partial charge in [0.05, 0.1) is 13.7 Å². The van der Waals surface area contributed by atoms with Crippen LogP contribution in [0.1, 0.15) is 19.4 Å². The van der Waals surface area contributed by atoms with E-state index >= 15 is 0 Å². The molecule has 0 aliphatic carbocycles. The standard InChI is InChI=1S/C11H14BO3/c1-11(2)6-15-10-7(11)4-5-8(14-3)9(10)12-13/h4-5,13H,6H2,1-3H3. The molecule has 15 heavy (non-hydrogen) atoms. The first-order chi connectivity index (χ1) is 7.10.